The van der Waals surface area contributed by atoms with E-state index in [1.165, 1.54) is 0 Å². The quantitative estimate of drug-likeness (QED) is 0.819. The zero-order chi connectivity index (χ0) is 17.3. The van der Waals surface area contributed by atoms with Crippen molar-refractivity contribution in [3.63, 3.8) is 0 Å². The van der Waals surface area contributed by atoms with Crippen LogP contribution >= 0.6 is 0 Å². The van der Waals surface area contributed by atoms with Crippen LogP contribution in [0.15, 0.2) is 12.1 Å². The second kappa shape index (κ2) is 6.67. The van der Waals surface area contributed by atoms with Gasteiger partial charge in [0.25, 0.3) is 0 Å². The predicted octanol–water partition coefficient (Wildman–Crippen LogP) is 1.52. The Balaban J connectivity index is 1.45. The van der Waals surface area contributed by atoms with Crippen LogP contribution in [-0.4, -0.2) is 71.7 Å². The fourth-order valence-electron chi connectivity index (χ4n) is 3.22. The lowest BCUT2D eigenvalue weighted by molar-refractivity contribution is -0.127. The maximum absolute atomic E-state index is 11.7. The molecule has 3 rings (SSSR count). The van der Waals surface area contributed by atoms with E-state index in [0.717, 1.165) is 57.1 Å². The number of hydrogen-bond acceptors (Lipinski definition) is 5. The van der Waals surface area contributed by atoms with Crippen molar-refractivity contribution in [2.75, 3.05) is 44.7 Å². The fraction of sp³-hybridized carbons (Fsp3) is 0.722. The summed E-state index contributed by atoms with van der Waals surface area (Å²) in [6, 6.07) is 4.69. The lowest BCUT2D eigenvalue weighted by Gasteiger charge is -2.44. The number of carbonyl (C=O) groups excluding carboxylic acids is 1. The second-order valence-electron chi connectivity index (χ2n) is 8.05. The number of likely N-dealkylation sites (N-methyl/N-ethyl adjacent to an activating group) is 1. The molecule has 0 saturated carbocycles. The minimum Gasteiger partial charge on any atom is -0.352 e. The van der Waals surface area contributed by atoms with E-state index < -0.39 is 0 Å². The monoisotopic (exact) mass is 331 g/mol. The molecule has 2 fully saturated rings. The van der Waals surface area contributed by atoms with Crippen molar-refractivity contribution in [2.24, 2.45) is 0 Å². The maximum atomic E-state index is 11.7. The standard InChI is InChI=1S/C18H29N5O/c1-18(2,3)15-7-8-16(20-19-15)23-12-14(13-23)21(4)10-11-22-9-5-6-17(22)24/h7-8,14H,5-6,9-13H2,1-4H3. The Labute approximate surface area is 144 Å². The van der Waals surface area contributed by atoms with E-state index >= 15 is 0 Å². The van der Waals surface area contributed by atoms with Gasteiger partial charge in [-0.1, -0.05) is 20.8 Å². The first-order valence-corrected chi connectivity index (χ1v) is 8.92. The molecule has 0 N–H and O–H groups in total. The van der Waals surface area contributed by atoms with Crippen LogP contribution in [0.4, 0.5) is 5.82 Å². The molecule has 24 heavy (non-hydrogen) atoms. The third-order valence-electron chi connectivity index (χ3n) is 5.12. The van der Waals surface area contributed by atoms with Gasteiger partial charge in [0.05, 0.1) is 5.69 Å². The molecular weight excluding hydrogens is 302 g/mol. The molecule has 2 saturated heterocycles. The third kappa shape index (κ3) is 3.69. The summed E-state index contributed by atoms with van der Waals surface area (Å²) < 4.78 is 0. The molecule has 1 aromatic heterocycles. The topological polar surface area (TPSA) is 52.6 Å². The molecule has 1 aromatic rings. The van der Waals surface area contributed by atoms with Gasteiger partial charge in [-0.05, 0) is 25.6 Å². The molecule has 0 radical (unpaired) electrons. The number of hydrogen-bond donors (Lipinski definition) is 0. The number of amides is 1. The van der Waals surface area contributed by atoms with E-state index in [0.29, 0.717) is 11.9 Å². The molecule has 0 atom stereocenters. The van der Waals surface area contributed by atoms with E-state index in [2.05, 4.69) is 59.9 Å². The molecule has 0 aromatic carbocycles. The fourth-order valence-corrected chi connectivity index (χ4v) is 3.22. The smallest absolute Gasteiger partial charge is 0.222 e. The maximum Gasteiger partial charge on any atom is 0.222 e. The van der Waals surface area contributed by atoms with Gasteiger partial charge in [0.15, 0.2) is 5.82 Å². The van der Waals surface area contributed by atoms with E-state index in [1.807, 2.05) is 4.90 Å². The van der Waals surface area contributed by atoms with Crippen LogP contribution in [0, 0.1) is 0 Å². The van der Waals surface area contributed by atoms with Gasteiger partial charge in [-0.3, -0.25) is 9.69 Å². The van der Waals surface area contributed by atoms with Gasteiger partial charge >= 0.3 is 0 Å². The molecule has 6 heteroatoms. The molecule has 0 spiro atoms. The van der Waals surface area contributed by atoms with Crippen LogP contribution in [-0.2, 0) is 10.2 Å². The third-order valence-corrected chi connectivity index (χ3v) is 5.12. The average molecular weight is 331 g/mol. The molecule has 1 amide bonds. The number of rotatable bonds is 5. The molecular formula is C18H29N5O. The highest BCUT2D eigenvalue weighted by Gasteiger charge is 2.32. The highest BCUT2D eigenvalue weighted by atomic mass is 16.2. The van der Waals surface area contributed by atoms with Crippen LogP contribution < -0.4 is 4.90 Å². The average Bonchev–Trinajstić information content (AvgIpc) is 2.88. The van der Waals surface area contributed by atoms with Crippen molar-refractivity contribution in [2.45, 2.75) is 45.1 Å². The van der Waals surface area contributed by atoms with Crippen LogP contribution in [0.5, 0.6) is 0 Å². The second-order valence-corrected chi connectivity index (χ2v) is 8.05. The van der Waals surface area contributed by atoms with Gasteiger partial charge in [0.2, 0.25) is 5.91 Å². The van der Waals surface area contributed by atoms with Crippen LogP contribution in [0.1, 0.15) is 39.3 Å². The molecule has 6 nitrogen and oxygen atoms in total. The van der Waals surface area contributed by atoms with Crippen molar-refractivity contribution >= 4 is 11.7 Å². The van der Waals surface area contributed by atoms with Gasteiger partial charge in [-0.15, -0.1) is 5.10 Å². The minimum absolute atomic E-state index is 0.0379. The van der Waals surface area contributed by atoms with E-state index in [9.17, 15) is 4.79 Å². The summed E-state index contributed by atoms with van der Waals surface area (Å²) in [4.78, 5) is 18.3. The van der Waals surface area contributed by atoms with E-state index in [-0.39, 0.29) is 5.41 Å². The summed E-state index contributed by atoms with van der Waals surface area (Å²) in [6.45, 7) is 11.1. The van der Waals surface area contributed by atoms with Crippen molar-refractivity contribution in [3.05, 3.63) is 17.8 Å². The number of nitrogens with zero attached hydrogens (tertiary/aromatic N) is 5. The molecule has 2 aliphatic heterocycles. The lowest BCUT2D eigenvalue weighted by atomic mass is 9.92. The summed E-state index contributed by atoms with van der Waals surface area (Å²) in [6.07, 6.45) is 1.74. The molecule has 0 aliphatic carbocycles. The number of carbonyl (C=O) groups is 1. The first-order valence-electron chi connectivity index (χ1n) is 8.92. The Kier molecular flexibility index (Phi) is 4.76. The highest BCUT2D eigenvalue weighted by Crippen LogP contribution is 2.24. The normalized spacial score (nSPS) is 19.3. The van der Waals surface area contributed by atoms with Gasteiger partial charge in [-0.2, -0.15) is 5.10 Å². The number of likely N-dealkylation sites (tertiary alicyclic amines) is 1. The molecule has 0 bridgehead atoms. The van der Waals surface area contributed by atoms with E-state index in [1.54, 1.807) is 0 Å². The van der Waals surface area contributed by atoms with Gasteiger partial charge in [0, 0.05) is 50.6 Å². The summed E-state index contributed by atoms with van der Waals surface area (Å²) >= 11 is 0. The van der Waals surface area contributed by atoms with E-state index in [4.69, 9.17) is 0 Å². The van der Waals surface area contributed by atoms with Crippen LogP contribution in [0.25, 0.3) is 0 Å². The van der Waals surface area contributed by atoms with Gasteiger partial charge in [-0.25, -0.2) is 0 Å². The van der Waals surface area contributed by atoms with Crippen LogP contribution in [0.2, 0.25) is 0 Å². The Bertz CT molecular complexity index is 574. The largest absolute Gasteiger partial charge is 0.352 e. The van der Waals surface area contributed by atoms with Crippen molar-refractivity contribution < 1.29 is 4.79 Å². The summed E-state index contributed by atoms with van der Waals surface area (Å²) in [5.74, 6) is 1.27. The molecule has 0 unspecified atom stereocenters. The Hall–Kier alpha value is -1.69. The zero-order valence-electron chi connectivity index (χ0n) is 15.3. The zero-order valence-corrected chi connectivity index (χ0v) is 15.3. The molecule has 132 valence electrons. The molecule has 3 heterocycles. The highest BCUT2D eigenvalue weighted by molar-refractivity contribution is 5.78. The lowest BCUT2D eigenvalue weighted by Crippen LogP contribution is -2.59. The first-order chi connectivity index (χ1) is 11.3. The van der Waals surface area contributed by atoms with Gasteiger partial charge < -0.3 is 9.80 Å². The SMILES string of the molecule is CN(CCN1CCCC1=O)C1CN(c2ccc(C(C)(C)C)nn2)C1. The Morgan fingerprint density at radius 1 is 1.25 bits per heavy atom. The summed E-state index contributed by atoms with van der Waals surface area (Å²) in [5, 5.41) is 8.75. The summed E-state index contributed by atoms with van der Waals surface area (Å²) in [7, 11) is 2.15. The first kappa shape index (κ1) is 17.1. The van der Waals surface area contributed by atoms with Crippen molar-refractivity contribution in [1.82, 2.24) is 20.0 Å². The Morgan fingerprint density at radius 3 is 2.54 bits per heavy atom. The van der Waals surface area contributed by atoms with Crippen molar-refractivity contribution in [3.8, 4) is 0 Å². The van der Waals surface area contributed by atoms with Gasteiger partial charge in [0.1, 0.15) is 0 Å². The number of aromatic nitrogens is 2. The molecule has 2 aliphatic rings. The predicted molar refractivity (Wildman–Crippen MR) is 95.2 cm³/mol. The van der Waals surface area contributed by atoms with Crippen molar-refractivity contribution in [1.29, 1.82) is 0 Å². The summed E-state index contributed by atoms with van der Waals surface area (Å²) in [5.41, 5.74) is 1.06. The minimum atomic E-state index is 0.0379. The Morgan fingerprint density at radius 2 is 2.00 bits per heavy atom. The van der Waals surface area contributed by atoms with Crippen LogP contribution in [0.3, 0.4) is 0 Å². The number of anilines is 1.